The van der Waals surface area contributed by atoms with Crippen LogP contribution >= 0.6 is 0 Å². The number of hydrogen-bond donors (Lipinski definition) is 1. The molecule has 1 aliphatic heterocycles. The lowest BCUT2D eigenvalue weighted by atomic mass is 10.0. The van der Waals surface area contributed by atoms with Gasteiger partial charge in [-0.2, -0.15) is 0 Å². The number of para-hydroxylation sites is 1. The van der Waals surface area contributed by atoms with Crippen molar-refractivity contribution in [1.82, 2.24) is 10.2 Å². The Hall–Kier alpha value is -2.96. The third-order valence-electron chi connectivity index (χ3n) is 4.77. The molecule has 2 amide bonds. The molecule has 0 spiro atoms. The highest BCUT2D eigenvalue weighted by molar-refractivity contribution is 5.99. The van der Waals surface area contributed by atoms with Gasteiger partial charge in [0.1, 0.15) is 11.8 Å². The molecule has 5 nitrogen and oxygen atoms in total. The Morgan fingerprint density at radius 3 is 2.75 bits per heavy atom. The van der Waals surface area contributed by atoms with E-state index in [0.29, 0.717) is 30.7 Å². The van der Waals surface area contributed by atoms with Crippen molar-refractivity contribution in [3.63, 3.8) is 0 Å². The number of nitrogens with one attached hydrogen (secondary N) is 1. The first-order chi connectivity index (χ1) is 13.5. The molecular formula is C21H22F2N2O3. The van der Waals surface area contributed by atoms with Crippen molar-refractivity contribution in [2.45, 2.75) is 25.3 Å². The van der Waals surface area contributed by atoms with E-state index in [1.54, 1.807) is 25.3 Å². The number of amides is 2. The third-order valence-corrected chi connectivity index (χ3v) is 4.77. The van der Waals surface area contributed by atoms with Crippen LogP contribution in [0.25, 0.3) is 11.1 Å². The van der Waals surface area contributed by atoms with Gasteiger partial charge in [0.2, 0.25) is 5.91 Å². The number of hydrogen-bond acceptors (Lipinski definition) is 3. The highest BCUT2D eigenvalue weighted by Gasteiger charge is 2.34. The van der Waals surface area contributed by atoms with Crippen LogP contribution in [0.5, 0.6) is 5.75 Å². The highest BCUT2D eigenvalue weighted by atomic mass is 19.3. The van der Waals surface area contributed by atoms with Crippen molar-refractivity contribution in [1.29, 1.82) is 0 Å². The van der Waals surface area contributed by atoms with Crippen LogP contribution < -0.4 is 10.1 Å². The van der Waals surface area contributed by atoms with Gasteiger partial charge in [0.15, 0.2) is 0 Å². The average molecular weight is 388 g/mol. The van der Waals surface area contributed by atoms with Crippen molar-refractivity contribution in [2.75, 3.05) is 20.2 Å². The largest absolute Gasteiger partial charge is 0.496 e. The number of methoxy groups -OCH3 is 1. The zero-order chi connectivity index (χ0) is 20.1. The van der Waals surface area contributed by atoms with Crippen molar-refractivity contribution in [3.8, 4) is 16.9 Å². The van der Waals surface area contributed by atoms with Gasteiger partial charge < -0.3 is 15.0 Å². The quantitative estimate of drug-likeness (QED) is 0.826. The number of carbonyl (C=O) groups is 2. The summed E-state index contributed by atoms with van der Waals surface area (Å²) >= 11 is 0. The number of alkyl halides is 2. The molecule has 3 rings (SSSR count). The Morgan fingerprint density at radius 1 is 1.21 bits per heavy atom. The topological polar surface area (TPSA) is 58.6 Å². The summed E-state index contributed by atoms with van der Waals surface area (Å²) in [7, 11) is 1.58. The second kappa shape index (κ2) is 8.82. The standard InChI is InChI=1S/C21H22F2N2O3/c1-28-18-10-3-2-8-16(18)14-6-4-7-15(12-14)21(27)25-11-5-9-17(25)20(26)24-13-19(22)23/h2-4,6-8,10,12,17,19H,5,9,11,13H2,1H3,(H,24,26)/t17-/m0/s1. The lowest BCUT2D eigenvalue weighted by molar-refractivity contribution is -0.125. The number of halogens is 2. The van der Waals surface area contributed by atoms with E-state index in [-0.39, 0.29) is 5.91 Å². The lowest BCUT2D eigenvalue weighted by Gasteiger charge is -2.24. The molecule has 2 aromatic carbocycles. The van der Waals surface area contributed by atoms with Crippen molar-refractivity contribution < 1.29 is 23.1 Å². The molecule has 0 radical (unpaired) electrons. The van der Waals surface area contributed by atoms with Crippen LogP contribution in [0.15, 0.2) is 48.5 Å². The maximum Gasteiger partial charge on any atom is 0.255 e. The Morgan fingerprint density at radius 2 is 2.00 bits per heavy atom. The first kappa shape index (κ1) is 19.8. The van der Waals surface area contributed by atoms with Crippen LogP contribution in [0, 0.1) is 0 Å². The molecule has 1 saturated heterocycles. The van der Waals surface area contributed by atoms with Crippen LogP contribution in [0.3, 0.4) is 0 Å². The van der Waals surface area contributed by atoms with Crippen molar-refractivity contribution in [3.05, 3.63) is 54.1 Å². The molecule has 1 fully saturated rings. The molecule has 0 bridgehead atoms. The number of carbonyl (C=O) groups excluding carboxylic acids is 2. The van der Waals surface area contributed by atoms with E-state index in [1.165, 1.54) is 4.90 Å². The molecule has 7 heteroatoms. The summed E-state index contributed by atoms with van der Waals surface area (Å²) in [5, 5.41) is 2.21. The average Bonchev–Trinajstić information content (AvgIpc) is 3.21. The number of nitrogens with zero attached hydrogens (tertiary/aromatic N) is 1. The summed E-state index contributed by atoms with van der Waals surface area (Å²) in [6.07, 6.45) is -1.50. The number of rotatable bonds is 6. The van der Waals surface area contributed by atoms with E-state index in [2.05, 4.69) is 5.32 Å². The molecule has 1 aliphatic rings. The fourth-order valence-corrected chi connectivity index (χ4v) is 3.45. The lowest BCUT2D eigenvalue weighted by Crippen LogP contribution is -2.46. The molecule has 148 valence electrons. The Kier molecular flexibility index (Phi) is 6.23. The second-order valence-electron chi connectivity index (χ2n) is 6.57. The Balaban J connectivity index is 1.81. The van der Waals surface area contributed by atoms with Crippen molar-refractivity contribution >= 4 is 11.8 Å². The molecule has 0 saturated carbocycles. The van der Waals surface area contributed by atoms with Gasteiger partial charge in [0, 0.05) is 17.7 Å². The van der Waals surface area contributed by atoms with Gasteiger partial charge in [-0.1, -0.05) is 30.3 Å². The van der Waals surface area contributed by atoms with Crippen LogP contribution in [-0.4, -0.2) is 49.4 Å². The van der Waals surface area contributed by atoms with Gasteiger partial charge in [-0.3, -0.25) is 9.59 Å². The van der Waals surface area contributed by atoms with E-state index in [0.717, 1.165) is 11.1 Å². The molecule has 0 aromatic heterocycles. The molecule has 1 heterocycles. The Labute approximate surface area is 162 Å². The first-order valence-corrected chi connectivity index (χ1v) is 9.11. The minimum Gasteiger partial charge on any atom is -0.496 e. The Bertz CT molecular complexity index is 857. The smallest absolute Gasteiger partial charge is 0.255 e. The van der Waals surface area contributed by atoms with E-state index < -0.39 is 24.9 Å². The monoisotopic (exact) mass is 388 g/mol. The van der Waals surface area contributed by atoms with Gasteiger partial charge in [-0.05, 0) is 36.6 Å². The predicted molar refractivity (Wildman–Crippen MR) is 102 cm³/mol. The van der Waals surface area contributed by atoms with Gasteiger partial charge in [0.05, 0.1) is 13.7 Å². The maximum absolute atomic E-state index is 13.0. The second-order valence-corrected chi connectivity index (χ2v) is 6.57. The van der Waals surface area contributed by atoms with E-state index in [4.69, 9.17) is 4.74 Å². The summed E-state index contributed by atoms with van der Waals surface area (Å²) in [5.74, 6) is -0.129. The summed E-state index contributed by atoms with van der Waals surface area (Å²) in [5.41, 5.74) is 2.12. The first-order valence-electron chi connectivity index (χ1n) is 9.11. The zero-order valence-electron chi connectivity index (χ0n) is 15.5. The molecular weight excluding hydrogens is 366 g/mol. The summed E-state index contributed by atoms with van der Waals surface area (Å²) in [6, 6.07) is 13.9. The fourth-order valence-electron chi connectivity index (χ4n) is 3.45. The normalized spacial score (nSPS) is 16.3. The highest BCUT2D eigenvalue weighted by Crippen LogP contribution is 2.30. The summed E-state index contributed by atoms with van der Waals surface area (Å²) < 4.78 is 30.1. The molecule has 1 N–H and O–H groups in total. The predicted octanol–water partition coefficient (Wildman–Crippen LogP) is 3.35. The van der Waals surface area contributed by atoms with Gasteiger partial charge in [-0.15, -0.1) is 0 Å². The van der Waals surface area contributed by atoms with Gasteiger partial charge in [-0.25, -0.2) is 8.78 Å². The van der Waals surface area contributed by atoms with Crippen LogP contribution in [-0.2, 0) is 4.79 Å². The SMILES string of the molecule is COc1ccccc1-c1cccc(C(=O)N2CCC[C@H]2C(=O)NCC(F)F)c1. The van der Waals surface area contributed by atoms with Crippen LogP contribution in [0.2, 0.25) is 0 Å². The third kappa shape index (κ3) is 4.30. The molecule has 0 aliphatic carbocycles. The maximum atomic E-state index is 13.0. The van der Waals surface area contributed by atoms with Crippen LogP contribution in [0.1, 0.15) is 23.2 Å². The zero-order valence-corrected chi connectivity index (χ0v) is 15.5. The fraction of sp³-hybridized carbons (Fsp3) is 0.333. The minimum atomic E-state index is -2.62. The van der Waals surface area contributed by atoms with Gasteiger partial charge >= 0.3 is 0 Å². The van der Waals surface area contributed by atoms with E-state index in [9.17, 15) is 18.4 Å². The molecule has 1 atom stereocenters. The molecule has 28 heavy (non-hydrogen) atoms. The van der Waals surface area contributed by atoms with Crippen LogP contribution in [0.4, 0.5) is 8.78 Å². The van der Waals surface area contributed by atoms with Crippen molar-refractivity contribution in [2.24, 2.45) is 0 Å². The number of benzene rings is 2. The summed E-state index contributed by atoms with van der Waals surface area (Å²) in [4.78, 5) is 26.7. The van der Waals surface area contributed by atoms with E-state index in [1.807, 2.05) is 30.3 Å². The minimum absolute atomic E-state index is 0.286. The van der Waals surface area contributed by atoms with E-state index >= 15 is 0 Å². The number of ether oxygens (including phenoxy) is 1. The number of likely N-dealkylation sites (tertiary alicyclic amines) is 1. The molecule has 2 aromatic rings. The molecule has 0 unspecified atom stereocenters. The summed E-state index contributed by atoms with van der Waals surface area (Å²) in [6.45, 7) is -0.287. The van der Waals surface area contributed by atoms with Gasteiger partial charge in [0.25, 0.3) is 12.3 Å².